The monoisotopic (exact) mass is 200 g/mol. The summed E-state index contributed by atoms with van der Waals surface area (Å²) < 4.78 is 62.9. The number of likely N-dealkylation sites (N-methyl/N-ethyl adjacent to an activating group) is 1. The summed E-state index contributed by atoms with van der Waals surface area (Å²) in [4.78, 5) is 0. The van der Waals surface area contributed by atoms with Gasteiger partial charge in [0, 0.05) is 12.9 Å². The van der Waals surface area contributed by atoms with Gasteiger partial charge in [-0.1, -0.05) is 6.07 Å². The van der Waals surface area contributed by atoms with Crippen molar-refractivity contribution in [3.8, 4) is 11.5 Å². The van der Waals surface area contributed by atoms with Gasteiger partial charge < -0.3 is 14.8 Å². The van der Waals surface area contributed by atoms with Gasteiger partial charge in [0.15, 0.2) is 11.5 Å². The fourth-order valence-corrected chi connectivity index (χ4v) is 1.11. The summed E-state index contributed by atoms with van der Waals surface area (Å²) in [7, 11) is 1.38. The molecule has 0 saturated heterocycles. The largest absolute Gasteiger partial charge is 0.454 e. The molecule has 0 radical (unpaired) electrons. The van der Waals surface area contributed by atoms with E-state index in [0.29, 0.717) is 0 Å². The number of nitrogens with one attached hydrogen (secondary N) is 1. The number of hydrogen-bond acceptors (Lipinski definition) is 3. The Morgan fingerprint density at radius 3 is 3.29 bits per heavy atom. The Hall–Kier alpha value is -1.22. The third-order valence-electron chi connectivity index (χ3n) is 1.85. The summed E-state index contributed by atoms with van der Waals surface area (Å²) >= 11 is 0. The molecular weight excluding hydrogens is 178 g/mol. The first-order chi connectivity index (χ1) is 9.47. The van der Waals surface area contributed by atoms with E-state index in [1.54, 1.807) is 0 Å². The van der Waals surface area contributed by atoms with E-state index in [1.807, 2.05) is 0 Å². The molecule has 0 spiro atoms. The van der Waals surface area contributed by atoms with Crippen LogP contribution in [0.5, 0.6) is 11.5 Å². The molecule has 3 heteroatoms. The second-order valence-electron chi connectivity index (χ2n) is 2.81. The molecule has 14 heavy (non-hydrogen) atoms. The Morgan fingerprint density at radius 1 is 1.64 bits per heavy atom. The molecule has 1 heterocycles. The van der Waals surface area contributed by atoms with E-state index in [2.05, 4.69) is 5.32 Å². The van der Waals surface area contributed by atoms with Gasteiger partial charge in [0.25, 0.3) is 0 Å². The Morgan fingerprint density at radius 2 is 2.50 bits per heavy atom. The molecule has 3 nitrogen and oxygen atoms in total. The van der Waals surface area contributed by atoms with Crippen LogP contribution >= 0.6 is 0 Å². The summed E-state index contributed by atoms with van der Waals surface area (Å²) in [5.41, 5.74) is 0.0676. The highest BCUT2D eigenvalue weighted by Crippen LogP contribution is 2.32. The van der Waals surface area contributed by atoms with Crippen LogP contribution in [0.25, 0.3) is 0 Å². The lowest BCUT2D eigenvalue weighted by Crippen LogP contribution is -2.23. The summed E-state index contributed by atoms with van der Waals surface area (Å²) in [5, 5.41) is 2.48. The van der Waals surface area contributed by atoms with Crippen molar-refractivity contribution in [2.45, 2.75) is 19.3 Å². The van der Waals surface area contributed by atoms with Crippen molar-refractivity contribution >= 4 is 0 Å². The minimum absolute atomic E-state index is 0.0433. The molecular formula is C11H15NO2. The van der Waals surface area contributed by atoms with E-state index in [4.69, 9.17) is 19.1 Å². The van der Waals surface area contributed by atoms with Gasteiger partial charge in [-0.25, -0.2) is 0 Å². The van der Waals surface area contributed by atoms with Gasteiger partial charge in [0.05, 0.1) is 0 Å². The normalized spacial score (nSPS) is 28.5. The predicted molar refractivity (Wildman–Crippen MR) is 54.8 cm³/mol. The van der Waals surface area contributed by atoms with E-state index >= 15 is 0 Å². The first kappa shape index (κ1) is 4.11. The van der Waals surface area contributed by atoms with Gasteiger partial charge in [0.2, 0.25) is 6.75 Å². The molecule has 0 amide bonds. The van der Waals surface area contributed by atoms with Gasteiger partial charge in [-0.05, 0) is 38.0 Å². The molecule has 1 aromatic rings. The highest BCUT2D eigenvalue weighted by atomic mass is 16.7. The van der Waals surface area contributed by atoms with Crippen molar-refractivity contribution in [3.05, 3.63) is 23.8 Å². The molecule has 0 saturated carbocycles. The van der Waals surface area contributed by atoms with Crippen LogP contribution < -0.4 is 14.8 Å². The second kappa shape index (κ2) is 3.88. The molecule has 1 unspecified atom stereocenters. The molecule has 1 N–H and O–H groups in total. The highest BCUT2D eigenvalue weighted by Gasteiger charge is 2.13. The molecule has 1 atom stereocenters. The Balaban J connectivity index is 2.39. The quantitative estimate of drug-likeness (QED) is 0.803. The third-order valence-corrected chi connectivity index (χ3v) is 1.85. The van der Waals surface area contributed by atoms with Gasteiger partial charge in [-0.3, -0.25) is 0 Å². The maximum absolute atomic E-state index is 8.10. The summed E-state index contributed by atoms with van der Waals surface area (Å²) in [5.74, 6) is 0.191. The lowest BCUT2D eigenvalue weighted by Gasteiger charge is -2.09. The molecule has 2 rings (SSSR count). The lowest BCUT2D eigenvalue weighted by atomic mass is 10.1. The van der Waals surface area contributed by atoms with Gasteiger partial charge >= 0.3 is 0 Å². The van der Waals surface area contributed by atoms with Crippen molar-refractivity contribution in [2.24, 2.45) is 0 Å². The van der Waals surface area contributed by atoms with E-state index < -0.39 is 26.0 Å². The van der Waals surface area contributed by atoms with E-state index in [9.17, 15) is 0 Å². The van der Waals surface area contributed by atoms with Crippen LogP contribution in [0, 0.1) is 0 Å². The Kier molecular flexibility index (Phi) is 1.14. The average Bonchev–Trinajstić information content (AvgIpc) is 2.59. The number of hydrogen-bond donors (Lipinski definition) is 1. The van der Waals surface area contributed by atoms with Crippen LogP contribution in [0.1, 0.15) is 22.0 Å². The molecule has 0 fully saturated rings. The zero-order valence-electron chi connectivity index (χ0n) is 14.6. The fraction of sp³-hybridized carbons (Fsp3) is 0.455. The molecule has 0 aromatic heterocycles. The SMILES string of the molecule is [2H]C1([2H])Oc2ccc(C([2H])([2H])C(NC)C([2H])([2H])[2H])cc2O1. The molecule has 76 valence electrons. The topological polar surface area (TPSA) is 30.5 Å². The van der Waals surface area contributed by atoms with Crippen molar-refractivity contribution in [1.29, 1.82) is 0 Å². The van der Waals surface area contributed by atoms with E-state index in [1.165, 1.54) is 25.2 Å². The van der Waals surface area contributed by atoms with Crippen LogP contribution in [0.15, 0.2) is 18.2 Å². The Bertz CT molecular complexity index is 544. The summed E-state index contributed by atoms with van der Waals surface area (Å²) in [6, 6.07) is 2.57. The molecule has 0 aliphatic carbocycles. The van der Waals surface area contributed by atoms with Crippen LogP contribution in [0.4, 0.5) is 0 Å². The highest BCUT2D eigenvalue weighted by molar-refractivity contribution is 5.44. The fourth-order valence-electron chi connectivity index (χ4n) is 1.11. The molecule has 1 aliphatic rings. The third kappa shape index (κ3) is 1.82. The van der Waals surface area contributed by atoms with Crippen molar-refractivity contribution in [2.75, 3.05) is 13.8 Å². The Labute approximate surface area is 93.9 Å². The average molecular weight is 200 g/mol. The van der Waals surface area contributed by atoms with Gasteiger partial charge in [-0.15, -0.1) is 0 Å². The number of ether oxygens (including phenoxy) is 2. The van der Waals surface area contributed by atoms with Crippen LogP contribution in [-0.2, 0) is 6.37 Å². The summed E-state index contributed by atoms with van der Waals surface area (Å²) in [6.45, 7) is -4.84. The lowest BCUT2D eigenvalue weighted by molar-refractivity contribution is 0.174. The molecule has 1 aromatic carbocycles. The van der Waals surface area contributed by atoms with E-state index in [-0.39, 0.29) is 17.1 Å². The van der Waals surface area contributed by atoms with E-state index in [0.717, 1.165) is 0 Å². The first-order valence-corrected chi connectivity index (χ1v) is 4.17. The molecule has 1 aliphatic heterocycles. The second-order valence-corrected chi connectivity index (χ2v) is 2.81. The van der Waals surface area contributed by atoms with Crippen LogP contribution in [0.2, 0.25) is 0 Å². The standard InChI is InChI=1S/C11H15NO2/c1-8(12-2)5-9-3-4-10-11(6-9)14-7-13-10/h3-4,6,8,12H,5,7H2,1-2H3/i1D3,5D2,7D2. The molecule has 0 bridgehead atoms. The smallest absolute Gasteiger partial charge is 0.231 e. The van der Waals surface area contributed by atoms with Crippen LogP contribution in [0.3, 0.4) is 0 Å². The maximum atomic E-state index is 8.10. The maximum Gasteiger partial charge on any atom is 0.231 e. The van der Waals surface area contributed by atoms with Crippen LogP contribution in [-0.4, -0.2) is 19.8 Å². The van der Waals surface area contributed by atoms with Gasteiger partial charge in [0.1, 0.15) is 2.74 Å². The number of fused-ring (bicyclic) bond motifs is 1. The van der Waals surface area contributed by atoms with Gasteiger partial charge in [-0.2, -0.15) is 0 Å². The number of rotatable bonds is 3. The van der Waals surface area contributed by atoms with Crippen molar-refractivity contribution in [3.63, 3.8) is 0 Å². The minimum atomic E-state index is -2.54. The summed E-state index contributed by atoms with van der Waals surface area (Å²) in [6.07, 6.45) is -2.20. The van der Waals surface area contributed by atoms with Crippen molar-refractivity contribution < 1.29 is 19.1 Å². The zero-order chi connectivity index (χ0) is 16.1. The zero-order valence-corrected chi connectivity index (χ0v) is 7.63. The minimum Gasteiger partial charge on any atom is -0.454 e. The first-order valence-electron chi connectivity index (χ1n) is 7.67. The predicted octanol–water partition coefficient (Wildman–Crippen LogP) is 1.57. The van der Waals surface area contributed by atoms with Crippen molar-refractivity contribution in [1.82, 2.24) is 5.32 Å². The number of benzene rings is 1.